The second kappa shape index (κ2) is 11.4. The Balaban J connectivity index is 1.60. The molecule has 7 heteroatoms. The van der Waals surface area contributed by atoms with E-state index in [0.717, 1.165) is 23.3 Å². The van der Waals surface area contributed by atoms with Gasteiger partial charge in [0.25, 0.3) is 0 Å². The first-order chi connectivity index (χ1) is 15.5. The number of ether oxygens (including phenoxy) is 2. The summed E-state index contributed by atoms with van der Waals surface area (Å²) >= 11 is 0. The molecular formula is C25H22FNO5. The lowest BCUT2D eigenvalue weighted by Crippen LogP contribution is -2.44. The molecule has 6 nitrogen and oxygen atoms in total. The van der Waals surface area contributed by atoms with Crippen molar-refractivity contribution < 1.29 is 28.2 Å². The van der Waals surface area contributed by atoms with Gasteiger partial charge in [-0.3, -0.25) is 4.79 Å². The largest absolute Gasteiger partial charge is 0.456 e. The molecule has 0 unspecified atom stereocenters. The predicted molar refractivity (Wildman–Crippen MR) is 115 cm³/mol. The van der Waals surface area contributed by atoms with Crippen molar-refractivity contribution in [3.05, 3.63) is 107 Å². The minimum absolute atomic E-state index is 0.0445. The van der Waals surface area contributed by atoms with Crippen LogP contribution in [0.5, 0.6) is 0 Å². The lowest BCUT2D eigenvalue weighted by Gasteiger charge is -2.17. The van der Waals surface area contributed by atoms with Gasteiger partial charge in [-0.25, -0.2) is 14.0 Å². The highest BCUT2D eigenvalue weighted by atomic mass is 19.1. The summed E-state index contributed by atoms with van der Waals surface area (Å²) in [4.78, 5) is 37.1. The van der Waals surface area contributed by atoms with Crippen LogP contribution in [0.3, 0.4) is 0 Å². The standard InChI is InChI=1S/C25H22FNO5/c26-21-13-11-20(12-14-21)23(28)17-31-24(29)22(15-18-7-3-1-4-8-18)27-25(30)32-16-19-9-5-2-6-10-19/h1-14,22H,15-17H2,(H,27,30)/t22-/m0/s1. The topological polar surface area (TPSA) is 81.7 Å². The molecule has 0 aromatic heterocycles. The van der Waals surface area contributed by atoms with Crippen LogP contribution in [0.15, 0.2) is 84.9 Å². The molecule has 0 saturated heterocycles. The molecular weight excluding hydrogens is 413 g/mol. The molecule has 3 rings (SSSR count). The molecule has 164 valence electrons. The van der Waals surface area contributed by atoms with Crippen LogP contribution in [0.25, 0.3) is 0 Å². The Morgan fingerprint density at radius 2 is 1.38 bits per heavy atom. The van der Waals surface area contributed by atoms with Gasteiger partial charge in [0.1, 0.15) is 18.5 Å². The van der Waals surface area contributed by atoms with Crippen molar-refractivity contribution in [2.75, 3.05) is 6.61 Å². The number of ketones is 1. The van der Waals surface area contributed by atoms with Gasteiger partial charge in [0.15, 0.2) is 12.4 Å². The maximum atomic E-state index is 13.0. The number of Topliss-reactive ketones (excluding diaryl/α,β-unsaturated/α-hetero) is 1. The highest BCUT2D eigenvalue weighted by Crippen LogP contribution is 2.08. The Labute approximate surface area is 185 Å². The molecule has 0 heterocycles. The zero-order valence-electron chi connectivity index (χ0n) is 17.2. The van der Waals surface area contributed by atoms with E-state index in [9.17, 15) is 18.8 Å². The fourth-order valence-electron chi connectivity index (χ4n) is 2.91. The average Bonchev–Trinajstić information content (AvgIpc) is 2.82. The van der Waals surface area contributed by atoms with E-state index >= 15 is 0 Å². The first-order valence-electron chi connectivity index (χ1n) is 9.98. The van der Waals surface area contributed by atoms with Gasteiger partial charge in [-0.05, 0) is 35.4 Å². The van der Waals surface area contributed by atoms with Gasteiger partial charge in [-0.15, -0.1) is 0 Å². The molecule has 1 amide bonds. The summed E-state index contributed by atoms with van der Waals surface area (Å²) in [6.07, 6.45) is -0.623. The maximum absolute atomic E-state index is 13.0. The zero-order valence-corrected chi connectivity index (χ0v) is 17.2. The fraction of sp³-hybridized carbons (Fsp3) is 0.160. The van der Waals surface area contributed by atoms with E-state index < -0.39 is 36.3 Å². The van der Waals surface area contributed by atoms with E-state index in [0.29, 0.717) is 0 Å². The summed E-state index contributed by atoms with van der Waals surface area (Å²) < 4.78 is 23.3. The number of hydrogen-bond acceptors (Lipinski definition) is 5. The summed E-state index contributed by atoms with van der Waals surface area (Å²) in [7, 11) is 0. The summed E-state index contributed by atoms with van der Waals surface area (Å²) in [6.45, 7) is -0.487. The molecule has 0 radical (unpaired) electrons. The Morgan fingerprint density at radius 3 is 2.00 bits per heavy atom. The smallest absolute Gasteiger partial charge is 0.408 e. The van der Waals surface area contributed by atoms with E-state index in [1.165, 1.54) is 12.1 Å². The molecule has 0 aliphatic rings. The second-order valence-corrected chi connectivity index (χ2v) is 6.99. The van der Waals surface area contributed by atoms with Crippen LogP contribution in [0, 0.1) is 5.82 Å². The van der Waals surface area contributed by atoms with Crippen molar-refractivity contribution in [1.82, 2.24) is 5.32 Å². The third-order valence-corrected chi connectivity index (χ3v) is 4.58. The highest BCUT2D eigenvalue weighted by Gasteiger charge is 2.24. The van der Waals surface area contributed by atoms with Gasteiger partial charge < -0.3 is 14.8 Å². The number of alkyl carbamates (subject to hydrolysis) is 1. The lowest BCUT2D eigenvalue weighted by atomic mass is 10.1. The van der Waals surface area contributed by atoms with E-state index in [-0.39, 0.29) is 18.6 Å². The van der Waals surface area contributed by atoms with Crippen molar-refractivity contribution in [3.8, 4) is 0 Å². The number of carbonyl (C=O) groups excluding carboxylic acids is 3. The highest BCUT2D eigenvalue weighted by molar-refractivity contribution is 5.98. The Hall–Kier alpha value is -4.00. The van der Waals surface area contributed by atoms with Crippen molar-refractivity contribution in [1.29, 1.82) is 0 Å². The molecule has 3 aromatic rings. The first kappa shape index (κ1) is 22.7. The lowest BCUT2D eigenvalue weighted by molar-refractivity contribution is -0.144. The molecule has 0 spiro atoms. The van der Waals surface area contributed by atoms with Crippen molar-refractivity contribution >= 4 is 17.8 Å². The summed E-state index contributed by atoms with van der Waals surface area (Å²) in [6, 6.07) is 22.1. The quantitative estimate of drug-likeness (QED) is 0.404. The number of carbonyl (C=O) groups is 3. The minimum atomic E-state index is -1.05. The summed E-state index contributed by atoms with van der Waals surface area (Å²) in [5, 5.41) is 2.51. The van der Waals surface area contributed by atoms with Crippen LogP contribution in [-0.4, -0.2) is 30.5 Å². The van der Waals surface area contributed by atoms with E-state index in [1.54, 1.807) is 12.1 Å². The molecule has 3 aromatic carbocycles. The second-order valence-electron chi connectivity index (χ2n) is 6.99. The molecule has 1 N–H and O–H groups in total. The number of hydrogen-bond donors (Lipinski definition) is 1. The number of amides is 1. The van der Waals surface area contributed by atoms with Crippen LogP contribution in [0.2, 0.25) is 0 Å². The number of rotatable bonds is 9. The number of benzene rings is 3. The molecule has 0 aliphatic heterocycles. The van der Waals surface area contributed by atoms with E-state index in [4.69, 9.17) is 9.47 Å². The molecule has 0 aliphatic carbocycles. The summed E-state index contributed by atoms with van der Waals surface area (Å²) in [5.74, 6) is -1.73. The molecule has 1 atom stereocenters. The van der Waals surface area contributed by atoms with Gasteiger partial charge in [0, 0.05) is 12.0 Å². The van der Waals surface area contributed by atoms with Crippen LogP contribution in [0.4, 0.5) is 9.18 Å². The van der Waals surface area contributed by atoms with Crippen LogP contribution >= 0.6 is 0 Å². The molecule has 32 heavy (non-hydrogen) atoms. The SMILES string of the molecule is O=C(N[C@@H](Cc1ccccc1)C(=O)OCC(=O)c1ccc(F)cc1)OCc1ccccc1. The Bertz CT molecular complexity index is 1040. The van der Waals surface area contributed by atoms with Gasteiger partial charge in [-0.1, -0.05) is 60.7 Å². The Kier molecular flexibility index (Phi) is 8.09. The Morgan fingerprint density at radius 1 is 0.781 bits per heavy atom. The fourth-order valence-corrected chi connectivity index (χ4v) is 2.91. The van der Waals surface area contributed by atoms with Crippen LogP contribution < -0.4 is 5.32 Å². The summed E-state index contributed by atoms with van der Waals surface area (Å²) in [5.41, 5.74) is 1.81. The van der Waals surface area contributed by atoms with Crippen molar-refractivity contribution in [2.45, 2.75) is 19.1 Å². The maximum Gasteiger partial charge on any atom is 0.408 e. The van der Waals surface area contributed by atoms with Gasteiger partial charge in [0.05, 0.1) is 0 Å². The van der Waals surface area contributed by atoms with Gasteiger partial charge >= 0.3 is 12.1 Å². The van der Waals surface area contributed by atoms with Gasteiger partial charge in [-0.2, -0.15) is 0 Å². The van der Waals surface area contributed by atoms with E-state index in [2.05, 4.69) is 5.32 Å². The van der Waals surface area contributed by atoms with Crippen molar-refractivity contribution in [2.24, 2.45) is 0 Å². The van der Waals surface area contributed by atoms with Crippen LogP contribution in [-0.2, 0) is 27.3 Å². The third kappa shape index (κ3) is 7.05. The zero-order chi connectivity index (χ0) is 22.8. The first-order valence-corrected chi connectivity index (χ1v) is 9.98. The minimum Gasteiger partial charge on any atom is -0.456 e. The average molecular weight is 435 g/mol. The number of nitrogens with one attached hydrogen (secondary N) is 1. The number of esters is 1. The normalized spacial score (nSPS) is 11.3. The van der Waals surface area contributed by atoms with Gasteiger partial charge in [0.2, 0.25) is 0 Å². The molecule has 0 bridgehead atoms. The van der Waals surface area contributed by atoms with Crippen molar-refractivity contribution in [3.63, 3.8) is 0 Å². The number of halogens is 1. The predicted octanol–water partition coefficient (Wildman–Crippen LogP) is 4.09. The third-order valence-electron chi connectivity index (χ3n) is 4.58. The molecule has 0 fully saturated rings. The van der Waals surface area contributed by atoms with E-state index in [1.807, 2.05) is 48.5 Å². The van der Waals surface area contributed by atoms with Crippen LogP contribution in [0.1, 0.15) is 21.5 Å². The molecule has 0 saturated carbocycles. The monoisotopic (exact) mass is 435 g/mol.